The summed E-state index contributed by atoms with van der Waals surface area (Å²) in [5.74, 6) is 0.118. The van der Waals surface area contributed by atoms with E-state index in [1.165, 1.54) is 7.11 Å². The first kappa shape index (κ1) is 8.64. The number of H-pyrrole nitrogens is 1. The lowest BCUT2D eigenvalue weighted by molar-refractivity contribution is 0.0516. The van der Waals surface area contributed by atoms with Gasteiger partial charge in [0.1, 0.15) is 0 Å². The van der Waals surface area contributed by atoms with Crippen molar-refractivity contribution in [2.75, 3.05) is 13.7 Å². The van der Waals surface area contributed by atoms with E-state index in [0.717, 1.165) is 0 Å². The maximum atomic E-state index is 11.2. The van der Waals surface area contributed by atoms with E-state index in [4.69, 9.17) is 9.47 Å². The molecular formula is C8H11NO3. The Balaban J connectivity index is 2.79. The average molecular weight is 169 g/mol. The van der Waals surface area contributed by atoms with Crippen LogP contribution < -0.4 is 4.74 Å². The Labute approximate surface area is 70.5 Å². The summed E-state index contributed by atoms with van der Waals surface area (Å²) in [5.41, 5.74) is 0.361. The van der Waals surface area contributed by atoms with E-state index in [1.807, 2.05) is 0 Å². The van der Waals surface area contributed by atoms with Crippen molar-refractivity contribution in [3.63, 3.8) is 0 Å². The van der Waals surface area contributed by atoms with Gasteiger partial charge >= 0.3 is 5.97 Å². The summed E-state index contributed by atoms with van der Waals surface area (Å²) >= 11 is 0. The number of hydrogen-bond donors (Lipinski definition) is 1. The molecular weight excluding hydrogens is 158 g/mol. The van der Waals surface area contributed by atoms with Gasteiger partial charge in [0.15, 0.2) is 11.4 Å². The molecule has 0 radical (unpaired) electrons. The van der Waals surface area contributed by atoms with Gasteiger partial charge in [-0.05, 0) is 13.0 Å². The maximum Gasteiger partial charge on any atom is 0.358 e. The number of carbonyl (C=O) groups is 1. The van der Waals surface area contributed by atoms with Crippen molar-refractivity contribution in [3.8, 4) is 5.75 Å². The van der Waals surface area contributed by atoms with Gasteiger partial charge in [-0.1, -0.05) is 0 Å². The average Bonchev–Trinajstić information content (AvgIpc) is 2.51. The molecule has 1 N–H and O–H groups in total. The van der Waals surface area contributed by atoms with Gasteiger partial charge < -0.3 is 14.5 Å². The SMILES string of the molecule is CCOC(=O)c1[nH]ccc1OC. The van der Waals surface area contributed by atoms with Crippen molar-refractivity contribution < 1.29 is 14.3 Å². The van der Waals surface area contributed by atoms with Crippen molar-refractivity contribution in [1.29, 1.82) is 0 Å². The fourth-order valence-corrected chi connectivity index (χ4v) is 0.888. The molecule has 0 aliphatic carbocycles. The van der Waals surface area contributed by atoms with E-state index >= 15 is 0 Å². The van der Waals surface area contributed by atoms with Crippen LogP contribution in [0, 0.1) is 0 Å². The minimum Gasteiger partial charge on any atom is -0.494 e. The van der Waals surface area contributed by atoms with E-state index in [-0.39, 0.29) is 5.97 Å². The molecule has 12 heavy (non-hydrogen) atoms. The zero-order valence-electron chi connectivity index (χ0n) is 7.09. The molecule has 0 fully saturated rings. The van der Waals surface area contributed by atoms with Crippen molar-refractivity contribution in [2.45, 2.75) is 6.92 Å². The van der Waals surface area contributed by atoms with Crippen LogP contribution >= 0.6 is 0 Å². The number of ether oxygens (including phenoxy) is 2. The molecule has 1 aromatic heterocycles. The van der Waals surface area contributed by atoms with Gasteiger partial charge in [0.25, 0.3) is 0 Å². The van der Waals surface area contributed by atoms with Crippen molar-refractivity contribution in [3.05, 3.63) is 18.0 Å². The minimum absolute atomic E-state index is 0.361. The van der Waals surface area contributed by atoms with Crippen LogP contribution in [0.15, 0.2) is 12.3 Å². The highest BCUT2D eigenvalue weighted by Gasteiger charge is 2.13. The van der Waals surface area contributed by atoms with Crippen LogP contribution in [0.25, 0.3) is 0 Å². The normalized spacial score (nSPS) is 9.50. The molecule has 1 aromatic rings. The number of carbonyl (C=O) groups excluding carboxylic acids is 1. The van der Waals surface area contributed by atoms with Crippen LogP contribution in [0.1, 0.15) is 17.4 Å². The molecule has 0 aliphatic heterocycles. The smallest absolute Gasteiger partial charge is 0.358 e. The maximum absolute atomic E-state index is 11.2. The quantitative estimate of drug-likeness (QED) is 0.691. The molecule has 0 unspecified atom stereocenters. The van der Waals surface area contributed by atoms with Crippen LogP contribution in [0.3, 0.4) is 0 Å². The Morgan fingerprint density at radius 3 is 3.00 bits per heavy atom. The molecule has 0 spiro atoms. The number of aromatic amines is 1. The van der Waals surface area contributed by atoms with Crippen molar-refractivity contribution in [2.24, 2.45) is 0 Å². The second-order valence-corrected chi connectivity index (χ2v) is 2.14. The molecule has 66 valence electrons. The summed E-state index contributed by atoms with van der Waals surface area (Å²) in [5, 5.41) is 0. The third kappa shape index (κ3) is 1.58. The van der Waals surface area contributed by atoms with Crippen LogP contribution in [0.4, 0.5) is 0 Å². The number of nitrogens with one attached hydrogen (secondary N) is 1. The standard InChI is InChI=1S/C8H11NO3/c1-3-12-8(10)7-6(11-2)4-5-9-7/h4-5,9H,3H2,1-2H3. The van der Waals surface area contributed by atoms with E-state index in [0.29, 0.717) is 18.1 Å². The van der Waals surface area contributed by atoms with Gasteiger partial charge in [0.2, 0.25) is 0 Å². The fraction of sp³-hybridized carbons (Fsp3) is 0.375. The summed E-state index contributed by atoms with van der Waals surface area (Å²) in [7, 11) is 1.51. The molecule has 0 amide bonds. The lowest BCUT2D eigenvalue weighted by Crippen LogP contribution is -2.06. The highest BCUT2D eigenvalue weighted by Crippen LogP contribution is 2.16. The molecule has 1 rings (SSSR count). The first-order valence-corrected chi connectivity index (χ1v) is 3.68. The Hall–Kier alpha value is -1.45. The molecule has 0 bridgehead atoms. The topological polar surface area (TPSA) is 51.3 Å². The van der Waals surface area contributed by atoms with Gasteiger partial charge in [-0.2, -0.15) is 0 Å². The Morgan fingerprint density at radius 2 is 2.42 bits per heavy atom. The molecule has 0 aliphatic rings. The highest BCUT2D eigenvalue weighted by atomic mass is 16.5. The van der Waals surface area contributed by atoms with Crippen LogP contribution in [-0.2, 0) is 4.74 Å². The Morgan fingerprint density at radius 1 is 1.67 bits per heavy atom. The summed E-state index contributed by atoms with van der Waals surface area (Å²) in [6, 6.07) is 1.67. The number of rotatable bonds is 3. The van der Waals surface area contributed by atoms with Gasteiger partial charge in [0, 0.05) is 6.20 Å². The van der Waals surface area contributed by atoms with E-state index in [9.17, 15) is 4.79 Å². The Bertz CT molecular complexity index is 267. The molecule has 1 heterocycles. The van der Waals surface area contributed by atoms with Gasteiger partial charge in [-0.25, -0.2) is 4.79 Å². The molecule has 0 saturated heterocycles. The summed E-state index contributed by atoms with van der Waals surface area (Å²) < 4.78 is 9.70. The lowest BCUT2D eigenvalue weighted by atomic mass is 10.4. The van der Waals surface area contributed by atoms with Gasteiger partial charge in [0.05, 0.1) is 13.7 Å². The third-order valence-corrected chi connectivity index (χ3v) is 1.41. The first-order valence-electron chi connectivity index (χ1n) is 3.68. The first-order chi connectivity index (χ1) is 5.79. The van der Waals surface area contributed by atoms with Gasteiger partial charge in [-0.3, -0.25) is 0 Å². The van der Waals surface area contributed by atoms with Crippen LogP contribution in [-0.4, -0.2) is 24.7 Å². The minimum atomic E-state index is -0.389. The van der Waals surface area contributed by atoms with E-state index < -0.39 is 0 Å². The van der Waals surface area contributed by atoms with Crippen molar-refractivity contribution >= 4 is 5.97 Å². The number of esters is 1. The highest BCUT2D eigenvalue weighted by molar-refractivity contribution is 5.90. The van der Waals surface area contributed by atoms with E-state index in [2.05, 4.69) is 4.98 Å². The summed E-state index contributed by atoms with van der Waals surface area (Å²) in [4.78, 5) is 13.9. The fourth-order valence-electron chi connectivity index (χ4n) is 0.888. The third-order valence-electron chi connectivity index (χ3n) is 1.41. The number of hydrogen-bond acceptors (Lipinski definition) is 3. The summed E-state index contributed by atoms with van der Waals surface area (Å²) in [6.07, 6.45) is 1.63. The molecule has 4 heteroatoms. The number of methoxy groups -OCH3 is 1. The van der Waals surface area contributed by atoms with E-state index in [1.54, 1.807) is 19.2 Å². The lowest BCUT2D eigenvalue weighted by Gasteiger charge is -2.01. The molecule has 0 saturated carbocycles. The Kier molecular flexibility index (Phi) is 2.74. The largest absolute Gasteiger partial charge is 0.494 e. The predicted octanol–water partition coefficient (Wildman–Crippen LogP) is 1.20. The molecule has 0 atom stereocenters. The van der Waals surface area contributed by atoms with Crippen molar-refractivity contribution in [1.82, 2.24) is 4.98 Å². The molecule has 4 nitrogen and oxygen atoms in total. The zero-order chi connectivity index (χ0) is 8.97. The monoisotopic (exact) mass is 169 g/mol. The number of aromatic nitrogens is 1. The zero-order valence-corrected chi connectivity index (χ0v) is 7.09. The van der Waals surface area contributed by atoms with Crippen LogP contribution in [0.2, 0.25) is 0 Å². The molecule has 0 aromatic carbocycles. The summed E-state index contributed by atoms with van der Waals surface area (Å²) in [6.45, 7) is 2.12. The van der Waals surface area contributed by atoms with Crippen LogP contribution in [0.5, 0.6) is 5.75 Å². The van der Waals surface area contributed by atoms with Gasteiger partial charge in [-0.15, -0.1) is 0 Å². The second-order valence-electron chi connectivity index (χ2n) is 2.14. The second kappa shape index (κ2) is 3.80. The predicted molar refractivity (Wildman–Crippen MR) is 43.3 cm³/mol.